The molecular weight excluding hydrogens is 432 g/mol. The Morgan fingerprint density at radius 3 is 2.61 bits per heavy atom. The third kappa shape index (κ3) is 4.68. The predicted octanol–water partition coefficient (Wildman–Crippen LogP) is 4.41. The summed E-state index contributed by atoms with van der Waals surface area (Å²) in [6, 6.07) is 9.86. The van der Waals surface area contributed by atoms with Gasteiger partial charge < -0.3 is 0 Å². The monoisotopic (exact) mass is 456 g/mol. The van der Waals surface area contributed by atoms with E-state index in [2.05, 4.69) is 15.3 Å². The Labute approximate surface area is 186 Å². The van der Waals surface area contributed by atoms with Crippen molar-refractivity contribution in [1.82, 2.24) is 14.3 Å². The summed E-state index contributed by atoms with van der Waals surface area (Å²) < 4.78 is 27.8. The van der Waals surface area contributed by atoms with Crippen LogP contribution < -0.4 is 5.32 Å². The normalized spacial score (nSPS) is 17.4. The van der Waals surface area contributed by atoms with Crippen LogP contribution in [0.3, 0.4) is 0 Å². The molecule has 0 aliphatic carbocycles. The van der Waals surface area contributed by atoms with Gasteiger partial charge in [0.15, 0.2) is 5.13 Å². The maximum absolute atomic E-state index is 13.1. The van der Waals surface area contributed by atoms with Gasteiger partial charge in [0.2, 0.25) is 10.0 Å². The fraction of sp³-hybridized carbons (Fsp3) is 0.318. The quantitative estimate of drug-likeness (QED) is 0.593. The summed E-state index contributed by atoms with van der Waals surface area (Å²) in [7, 11) is -3.57. The lowest BCUT2D eigenvalue weighted by Gasteiger charge is -2.34. The second kappa shape index (κ2) is 9.25. The maximum atomic E-state index is 13.1. The van der Waals surface area contributed by atoms with Gasteiger partial charge in [0.05, 0.1) is 10.6 Å². The molecule has 1 saturated heterocycles. The van der Waals surface area contributed by atoms with Crippen LogP contribution in [0.25, 0.3) is 11.3 Å². The molecule has 1 unspecified atom stereocenters. The van der Waals surface area contributed by atoms with E-state index < -0.39 is 10.0 Å². The van der Waals surface area contributed by atoms with Crippen molar-refractivity contribution in [2.45, 2.75) is 43.5 Å². The van der Waals surface area contributed by atoms with Crippen LogP contribution in [-0.2, 0) is 10.0 Å². The Hall–Kier alpha value is -2.62. The number of anilines is 1. The lowest BCUT2D eigenvalue weighted by atomic mass is 10.0. The fourth-order valence-corrected chi connectivity index (χ4v) is 6.25. The molecule has 1 aliphatic rings. The van der Waals surface area contributed by atoms with Gasteiger partial charge in [-0.1, -0.05) is 13.3 Å². The van der Waals surface area contributed by atoms with Crippen LogP contribution >= 0.6 is 11.3 Å². The van der Waals surface area contributed by atoms with Crippen LogP contribution in [-0.4, -0.2) is 41.2 Å². The van der Waals surface area contributed by atoms with Crippen LogP contribution in [0.15, 0.2) is 59.1 Å². The van der Waals surface area contributed by atoms with Crippen LogP contribution in [0.4, 0.5) is 5.13 Å². The minimum absolute atomic E-state index is 0.0428. The molecule has 9 heteroatoms. The lowest BCUT2D eigenvalue weighted by Crippen LogP contribution is -2.43. The number of nitrogens with one attached hydrogen (secondary N) is 1. The summed E-state index contributed by atoms with van der Waals surface area (Å²) in [5.74, 6) is -0.330. The Bertz CT molecular complexity index is 1150. The highest BCUT2D eigenvalue weighted by molar-refractivity contribution is 7.89. The molecule has 3 heterocycles. The van der Waals surface area contributed by atoms with Crippen molar-refractivity contribution in [2.24, 2.45) is 0 Å². The van der Waals surface area contributed by atoms with Crippen molar-refractivity contribution in [3.63, 3.8) is 0 Å². The average molecular weight is 457 g/mol. The molecule has 0 radical (unpaired) electrons. The molecule has 0 spiro atoms. The highest BCUT2D eigenvalue weighted by atomic mass is 32.2. The molecule has 3 aromatic rings. The van der Waals surface area contributed by atoms with Gasteiger partial charge in [-0.3, -0.25) is 15.1 Å². The molecule has 1 aliphatic heterocycles. The fourth-order valence-electron chi connectivity index (χ4n) is 3.77. The number of carbonyl (C=O) groups excluding carboxylic acids is 1. The van der Waals surface area contributed by atoms with E-state index in [1.807, 2.05) is 24.4 Å². The van der Waals surface area contributed by atoms with Gasteiger partial charge in [-0.15, -0.1) is 11.3 Å². The standard InChI is InChI=1S/C22H24N4O3S2/c1-2-18-5-3-4-14-26(18)31(28,29)19-8-6-17(7-9-19)21(27)25-22-24-20(15-30-22)16-10-12-23-13-11-16/h6-13,15,18H,2-5,14H2,1H3,(H,24,25,27). The second-order valence-corrected chi connectivity index (χ2v) is 10.2. The molecular formula is C22H24N4O3S2. The van der Waals surface area contributed by atoms with Gasteiger partial charge >= 0.3 is 0 Å². The van der Waals surface area contributed by atoms with Gasteiger partial charge in [0.25, 0.3) is 5.91 Å². The number of piperidine rings is 1. The van der Waals surface area contributed by atoms with Crippen molar-refractivity contribution in [2.75, 3.05) is 11.9 Å². The highest BCUT2D eigenvalue weighted by Gasteiger charge is 2.32. The summed E-state index contributed by atoms with van der Waals surface area (Å²) in [6.45, 7) is 2.57. The maximum Gasteiger partial charge on any atom is 0.257 e. The first-order chi connectivity index (χ1) is 15.0. The zero-order chi connectivity index (χ0) is 21.8. The molecule has 1 atom stereocenters. The number of carbonyl (C=O) groups is 1. The number of sulfonamides is 1. The average Bonchev–Trinajstić information content (AvgIpc) is 3.28. The number of amides is 1. The largest absolute Gasteiger partial charge is 0.298 e. The highest BCUT2D eigenvalue weighted by Crippen LogP contribution is 2.28. The summed E-state index contributed by atoms with van der Waals surface area (Å²) in [5, 5.41) is 5.12. The van der Waals surface area contributed by atoms with Crippen molar-refractivity contribution < 1.29 is 13.2 Å². The Morgan fingerprint density at radius 1 is 1.16 bits per heavy atom. The summed E-state index contributed by atoms with van der Waals surface area (Å²) in [4.78, 5) is 21.3. The number of hydrogen-bond donors (Lipinski definition) is 1. The van der Waals surface area contributed by atoms with Gasteiger partial charge in [0, 0.05) is 41.5 Å². The molecule has 162 valence electrons. The first kappa shape index (κ1) is 21.6. The third-order valence-electron chi connectivity index (χ3n) is 5.47. The molecule has 7 nitrogen and oxygen atoms in total. The number of hydrogen-bond acceptors (Lipinski definition) is 6. The molecule has 1 fully saturated rings. The molecule has 1 N–H and O–H groups in total. The van der Waals surface area contributed by atoms with Crippen LogP contribution in [0, 0.1) is 0 Å². The third-order valence-corrected chi connectivity index (χ3v) is 8.19. The lowest BCUT2D eigenvalue weighted by molar-refractivity contribution is 0.102. The van der Waals surface area contributed by atoms with Gasteiger partial charge in [-0.05, 0) is 55.7 Å². The van der Waals surface area contributed by atoms with Crippen LogP contribution in [0.5, 0.6) is 0 Å². The van der Waals surface area contributed by atoms with Gasteiger partial charge in [-0.25, -0.2) is 13.4 Å². The number of nitrogens with zero attached hydrogens (tertiary/aromatic N) is 3. The minimum atomic E-state index is -3.57. The van der Waals surface area contributed by atoms with E-state index in [4.69, 9.17) is 0 Å². The molecule has 1 amide bonds. The van der Waals surface area contributed by atoms with Crippen molar-refractivity contribution in [3.05, 3.63) is 59.7 Å². The van der Waals surface area contributed by atoms with Crippen molar-refractivity contribution in [1.29, 1.82) is 0 Å². The molecule has 31 heavy (non-hydrogen) atoms. The van der Waals surface area contributed by atoms with E-state index in [-0.39, 0.29) is 16.8 Å². The van der Waals surface area contributed by atoms with Crippen molar-refractivity contribution in [3.8, 4) is 11.3 Å². The Morgan fingerprint density at radius 2 is 1.90 bits per heavy atom. The van der Waals surface area contributed by atoms with Gasteiger partial charge in [-0.2, -0.15) is 4.31 Å². The van der Waals surface area contributed by atoms with Crippen molar-refractivity contribution >= 4 is 32.4 Å². The summed E-state index contributed by atoms with van der Waals surface area (Å²) >= 11 is 1.33. The number of benzene rings is 1. The first-order valence-corrected chi connectivity index (χ1v) is 12.6. The molecule has 0 bridgehead atoms. The number of thiazole rings is 1. The smallest absolute Gasteiger partial charge is 0.257 e. The molecule has 1 aromatic carbocycles. The number of pyridine rings is 1. The minimum Gasteiger partial charge on any atom is -0.298 e. The first-order valence-electron chi connectivity index (χ1n) is 10.3. The topological polar surface area (TPSA) is 92.3 Å². The Balaban J connectivity index is 1.47. The molecule has 2 aromatic heterocycles. The Kier molecular flexibility index (Phi) is 6.45. The van der Waals surface area contributed by atoms with E-state index in [1.54, 1.807) is 28.8 Å². The van der Waals surface area contributed by atoms with Crippen LogP contribution in [0.2, 0.25) is 0 Å². The van der Waals surface area contributed by atoms with E-state index in [0.717, 1.165) is 36.9 Å². The second-order valence-electron chi connectivity index (χ2n) is 7.43. The van der Waals surface area contributed by atoms with E-state index in [1.165, 1.54) is 23.5 Å². The summed E-state index contributed by atoms with van der Waals surface area (Å²) in [5.41, 5.74) is 2.06. The van der Waals surface area contributed by atoms with E-state index in [0.29, 0.717) is 17.2 Å². The van der Waals surface area contributed by atoms with Gasteiger partial charge in [0.1, 0.15) is 0 Å². The number of aromatic nitrogens is 2. The van der Waals surface area contributed by atoms with E-state index in [9.17, 15) is 13.2 Å². The number of rotatable bonds is 6. The predicted molar refractivity (Wildman–Crippen MR) is 122 cm³/mol. The van der Waals surface area contributed by atoms with Crippen LogP contribution in [0.1, 0.15) is 43.0 Å². The molecule has 4 rings (SSSR count). The zero-order valence-corrected chi connectivity index (χ0v) is 18.8. The summed E-state index contributed by atoms with van der Waals surface area (Å²) in [6.07, 6.45) is 7.01. The SMILES string of the molecule is CCC1CCCCN1S(=O)(=O)c1ccc(C(=O)Nc2nc(-c3ccncc3)cs2)cc1. The zero-order valence-electron chi connectivity index (χ0n) is 17.2. The van der Waals surface area contributed by atoms with E-state index >= 15 is 0 Å². The molecule has 0 saturated carbocycles.